The number of aliphatic hydroxyl groups is 1. The van der Waals surface area contributed by atoms with E-state index in [1.54, 1.807) is 13.0 Å². The lowest BCUT2D eigenvalue weighted by Crippen LogP contribution is -2.32. The fraction of sp³-hybridized carbons (Fsp3) is 0.533. The maximum atomic E-state index is 12.2. The van der Waals surface area contributed by atoms with Gasteiger partial charge in [-0.3, -0.25) is 14.9 Å². The van der Waals surface area contributed by atoms with Crippen molar-refractivity contribution in [3.8, 4) is 0 Å². The molecule has 0 heterocycles. The molecule has 2 atom stereocenters. The van der Waals surface area contributed by atoms with Crippen LogP contribution in [0, 0.1) is 28.9 Å². The summed E-state index contributed by atoms with van der Waals surface area (Å²) in [7, 11) is 0. The predicted molar refractivity (Wildman–Crippen MR) is 78.1 cm³/mol. The molecule has 1 fully saturated rings. The second kappa shape index (κ2) is 6.67. The van der Waals surface area contributed by atoms with Crippen LogP contribution in [0.2, 0.25) is 0 Å². The van der Waals surface area contributed by atoms with E-state index in [9.17, 15) is 20.0 Å². The minimum Gasteiger partial charge on any atom is -0.396 e. The van der Waals surface area contributed by atoms with E-state index in [0.717, 1.165) is 19.3 Å². The van der Waals surface area contributed by atoms with E-state index < -0.39 is 4.92 Å². The summed E-state index contributed by atoms with van der Waals surface area (Å²) >= 11 is 0. The van der Waals surface area contributed by atoms with Crippen molar-refractivity contribution in [3.63, 3.8) is 0 Å². The van der Waals surface area contributed by atoms with Crippen molar-refractivity contribution >= 4 is 11.6 Å². The summed E-state index contributed by atoms with van der Waals surface area (Å²) in [6, 6.07) is 4.28. The second-order valence-corrected chi connectivity index (χ2v) is 5.60. The number of hydrogen-bond acceptors (Lipinski definition) is 4. The van der Waals surface area contributed by atoms with Crippen LogP contribution >= 0.6 is 0 Å². The van der Waals surface area contributed by atoms with Crippen LogP contribution < -0.4 is 5.32 Å². The maximum Gasteiger partial charge on any atom is 0.270 e. The molecule has 0 radical (unpaired) electrons. The van der Waals surface area contributed by atoms with E-state index in [-0.39, 0.29) is 30.0 Å². The number of non-ortho nitro benzene ring substituents is 1. The number of aryl methyl sites for hydroxylation is 1. The molecule has 0 bridgehead atoms. The fourth-order valence-corrected chi connectivity index (χ4v) is 2.91. The minimum absolute atomic E-state index is 0.0835. The molecule has 2 unspecified atom stereocenters. The third kappa shape index (κ3) is 3.58. The Hall–Kier alpha value is -1.95. The Kier molecular flexibility index (Phi) is 4.90. The Bertz CT molecular complexity index is 544. The molecule has 114 valence electrons. The molecule has 1 saturated carbocycles. The summed E-state index contributed by atoms with van der Waals surface area (Å²) in [5.41, 5.74) is 0.964. The molecule has 1 aromatic carbocycles. The first-order valence-electron chi connectivity index (χ1n) is 7.17. The monoisotopic (exact) mass is 292 g/mol. The Balaban J connectivity index is 2.03. The van der Waals surface area contributed by atoms with E-state index in [1.165, 1.54) is 12.1 Å². The van der Waals surface area contributed by atoms with E-state index in [1.807, 2.05) is 0 Å². The number of rotatable bonds is 5. The van der Waals surface area contributed by atoms with E-state index in [2.05, 4.69) is 5.32 Å². The first-order valence-corrected chi connectivity index (χ1v) is 7.17. The SMILES string of the molecule is Cc1ccc([N+](=O)[O-])cc1C(=O)NCC1CCCC1CO. The maximum absolute atomic E-state index is 12.2. The Labute approximate surface area is 123 Å². The number of nitrogens with one attached hydrogen (secondary N) is 1. The average molecular weight is 292 g/mol. The molecule has 1 aliphatic rings. The number of nitro groups is 1. The van der Waals surface area contributed by atoms with Gasteiger partial charge >= 0.3 is 0 Å². The average Bonchev–Trinajstić information content (AvgIpc) is 2.92. The Morgan fingerprint density at radius 3 is 2.81 bits per heavy atom. The molecule has 0 spiro atoms. The second-order valence-electron chi connectivity index (χ2n) is 5.60. The van der Waals surface area contributed by atoms with Gasteiger partial charge < -0.3 is 10.4 Å². The number of hydrogen-bond donors (Lipinski definition) is 2. The normalized spacial score (nSPS) is 21.2. The molecule has 2 N–H and O–H groups in total. The zero-order valence-corrected chi connectivity index (χ0v) is 12.0. The molecule has 0 aromatic heterocycles. The standard InChI is InChI=1S/C15H20N2O4/c1-10-5-6-13(17(20)21)7-14(10)15(19)16-8-11-3-2-4-12(11)9-18/h5-7,11-12,18H,2-4,8-9H2,1H3,(H,16,19). The van der Waals surface area contributed by atoms with Gasteiger partial charge in [-0.15, -0.1) is 0 Å². The number of carbonyl (C=O) groups is 1. The number of benzene rings is 1. The van der Waals surface area contributed by atoms with Crippen LogP contribution in [0.4, 0.5) is 5.69 Å². The van der Waals surface area contributed by atoms with E-state index in [4.69, 9.17) is 0 Å². The number of aliphatic hydroxyl groups excluding tert-OH is 1. The van der Waals surface area contributed by atoms with Crippen molar-refractivity contribution in [1.29, 1.82) is 0 Å². The quantitative estimate of drug-likeness (QED) is 0.641. The highest BCUT2D eigenvalue weighted by atomic mass is 16.6. The van der Waals surface area contributed by atoms with Crippen molar-refractivity contribution in [2.45, 2.75) is 26.2 Å². The van der Waals surface area contributed by atoms with Crippen LogP contribution in [0.5, 0.6) is 0 Å². The van der Waals surface area contributed by atoms with Gasteiger partial charge in [0.2, 0.25) is 0 Å². The van der Waals surface area contributed by atoms with Crippen molar-refractivity contribution in [3.05, 3.63) is 39.4 Å². The number of carbonyl (C=O) groups excluding carboxylic acids is 1. The molecule has 2 rings (SSSR count). The van der Waals surface area contributed by atoms with Gasteiger partial charge in [0.15, 0.2) is 0 Å². The van der Waals surface area contributed by atoms with Gasteiger partial charge in [0, 0.05) is 30.8 Å². The van der Waals surface area contributed by atoms with Gasteiger partial charge in [-0.2, -0.15) is 0 Å². The van der Waals surface area contributed by atoms with Crippen LogP contribution in [0.1, 0.15) is 35.2 Å². The molecular weight excluding hydrogens is 272 g/mol. The van der Waals surface area contributed by atoms with Gasteiger partial charge in [-0.05, 0) is 37.2 Å². The molecule has 1 aromatic rings. The molecule has 21 heavy (non-hydrogen) atoms. The van der Waals surface area contributed by atoms with Crippen molar-refractivity contribution in [2.24, 2.45) is 11.8 Å². The highest BCUT2D eigenvalue weighted by Gasteiger charge is 2.27. The zero-order valence-electron chi connectivity index (χ0n) is 12.0. The molecule has 1 aliphatic carbocycles. The van der Waals surface area contributed by atoms with Crippen LogP contribution in [0.3, 0.4) is 0 Å². The van der Waals surface area contributed by atoms with Crippen molar-refractivity contribution in [2.75, 3.05) is 13.2 Å². The first kappa shape index (κ1) is 15.4. The van der Waals surface area contributed by atoms with Crippen molar-refractivity contribution in [1.82, 2.24) is 5.32 Å². The minimum atomic E-state index is -0.505. The fourth-order valence-electron chi connectivity index (χ4n) is 2.91. The van der Waals surface area contributed by atoms with E-state index in [0.29, 0.717) is 17.7 Å². The highest BCUT2D eigenvalue weighted by Crippen LogP contribution is 2.30. The smallest absolute Gasteiger partial charge is 0.270 e. The summed E-state index contributed by atoms with van der Waals surface area (Å²) in [6.07, 6.45) is 3.06. The first-order chi connectivity index (χ1) is 10.0. The third-order valence-electron chi connectivity index (χ3n) is 4.25. The van der Waals surface area contributed by atoms with Crippen molar-refractivity contribution < 1.29 is 14.8 Å². The van der Waals surface area contributed by atoms with Crippen LogP contribution in [-0.2, 0) is 0 Å². The van der Waals surface area contributed by atoms with Crippen LogP contribution in [0.15, 0.2) is 18.2 Å². The van der Waals surface area contributed by atoms with Crippen LogP contribution in [0.25, 0.3) is 0 Å². The number of nitrogens with zero attached hydrogens (tertiary/aromatic N) is 1. The van der Waals surface area contributed by atoms with Gasteiger partial charge in [-0.25, -0.2) is 0 Å². The van der Waals surface area contributed by atoms with Gasteiger partial charge in [-0.1, -0.05) is 12.5 Å². The molecule has 6 heteroatoms. The predicted octanol–water partition coefficient (Wildman–Crippen LogP) is 2.04. The summed E-state index contributed by atoms with van der Waals surface area (Å²) in [5.74, 6) is 0.245. The lowest BCUT2D eigenvalue weighted by atomic mass is 9.97. The van der Waals surface area contributed by atoms with Crippen LogP contribution in [-0.4, -0.2) is 29.1 Å². The molecule has 0 aliphatic heterocycles. The summed E-state index contributed by atoms with van der Waals surface area (Å²) in [5, 5.41) is 22.9. The lowest BCUT2D eigenvalue weighted by Gasteiger charge is -2.18. The summed E-state index contributed by atoms with van der Waals surface area (Å²) in [4.78, 5) is 22.5. The topological polar surface area (TPSA) is 92.5 Å². The largest absolute Gasteiger partial charge is 0.396 e. The summed E-state index contributed by atoms with van der Waals surface area (Å²) in [6.45, 7) is 2.41. The van der Waals surface area contributed by atoms with Gasteiger partial charge in [0.05, 0.1) is 4.92 Å². The third-order valence-corrected chi connectivity index (χ3v) is 4.25. The molecule has 0 saturated heterocycles. The Morgan fingerprint density at radius 2 is 2.14 bits per heavy atom. The molecule has 6 nitrogen and oxygen atoms in total. The highest BCUT2D eigenvalue weighted by molar-refractivity contribution is 5.96. The van der Waals surface area contributed by atoms with Gasteiger partial charge in [0.1, 0.15) is 0 Å². The number of nitro benzene ring substituents is 1. The lowest BCUT2D eigenvalue weighted by molar-refractivity contribution is -0.384. The van der Waals surface area contributed by atoms with E-state index >= 15 is 0 Å². The molecule has 1 amide bonds. The zero-order chi connectivity index (χ0) is 15.4. The Morgan fingerprint density at radius 1 is 1.43 bits per heavy atom. The number of amides is 1. The summed E-state index contributed by atoms with van der Waals surface area (Å²) < 4.78 is 0. The van der Waals surface area contributed by atoms with Gasteiger partial charge in [0.25, 0.3) is 11.6 Å². The molecular formula is C15H20N2O4.